The van der Waals surface area contributed by atoms with Crippen LogP contribution in [0.3, 0.4) is 0 Å². The van der Waals surface area contributed by atoms with E-state index >= 15 is 0 Å². The van der Waals surface area contributed by atoms with Crippen molar-refractivity contribution in [3.8, 4) is 5.75 Å². The van der Waals surface area contributed by atoms with E-state index in [4.69, 9.17) is 20.6 Å². The number of fused-ring (bicyclic) bond motifs is 1. The molecule has 0 aromatic heterocycles. The first-order valence-corrected chi connectivity index (χ1v) is 9.13. The lowest BCUT2D eigenvalue weighted by molar-refractivity contribution is -0.144. The van der Waals surface area contributed by atoms with Crippen LogP contribution in [-0.2, 0) is 16.0 Å². The van der Waals surface area contributed by atoms with Crippen molar-refractivity contribution in [2.75, 3.05) is 18.5 Å². The maximum absolute atomic E-state index is 12.5. The maximum Gasteiger partial charge on any atom is 0.306 e. The Morgan fingerprint density at radius 1 is 1.21 bits per heavy atom. The molecule has 1 atom stereocenters. The molecule has 0 saturated heterocycles. The van der Waals surface area contributed by atoms with Crippen LogP contribution in [0.1, 0.15) is 34.8 Å². The molecule has 0 fully saturated rings. The number of nitrogen functional groups attached to an aromatic ring is 1. The average molecular weight is 381 g/mol. The molecule has 0 spiro atoms. The monoisotopic (exact) mass is 381 g/mol. The number of carbonyl (C=O) groups excluding carboxylic acids is 2. The minimum Gasteiger partial charge on any atom is -0.493 e. The predicted octanol–water partition coefficient (Wildman–Crippen LogP) is 2.73. The zero-order chi connectivity index (χ0) is 20.1. The number of carbonyl (C=O) groups is 2. The molecule has 7 nitrogen and oxygen atoms in total. The highest BCUT2D eigenvalue weighted by Crippen LogP contribution is 2.31. The molecule has 2 aromatic rings. The molecule has 146 valence electrons. The summed E-state index contributed by atoms with van der Waals surface area (Å²) in [5.41, 5.74) is 8.07. The number of esters is 1. The van der Waals surface area contributed by atoms with Crippen molar-refractivity contribution in [3.05, 3.63) is 59.2 Å². The molecule has 3 rings (SSSR count). The van der Waals surface area contributed by atoms with Crippen molar-refractivity contribution in [2.24, 2.45) is 11.7 Å². The highest BCUT2D eigenvalue weighted by molar-refractivity contribution is 6.05. The first-order chi connectivity index (χ1) is 13.5. The third-order valence-corrected chi connectivity index (χ3v) is 4.52. The lowest BCUT2D eigenvalue weighted by Gasteiger charge is -2.25. The molecular formula is C21H23N3O4. The standard InChI is InChI=1S/C21H23N3O4/c1-2-27-19(25)10-13-9-16-11-17(7-8-18(16)28-12-13)24-21(26)15-5-3-14(4-6-15)20(22)23/h3-8,11,13H,2,9-10,12H2,1H3,(H3,22,23)(H,24,26). The zero-order valence-electron chi connectivity index (χ0n) is 15.7. The number of nitrogens with two attached hydrogens (primary N) is 1. The summed E-state index contributed by atoms with van der Waals surface area (Å²) in [4.78, 5) is 24.2. The van der Waals surface area contributed by atoms with Gasteiger partial charge in [0.2, 0.25) is 0 Å². The van der Waals surface area contributed by atoms with Gasteiger partial charge in [0, 0.05) is 22.7 Å². The molecule has 1 amide bonds. The van der Waals surface area contributed by atoms with Gasteiger partial charge in [-0.15, -0.1) is 0 Å². The van der Waals surface area contributed by atoms with Gasteiger partial charge < -0.3 is 20.5 Å². The third-order valence-electron chi connectivity index (χ3n) is 4.52. The van der Waals surface area contributed by atoms with E-state index < -0.39 is 0 Å². The van der Waals surface area contributed by atoms with E-state index in [0.717, 1.165) is 11.3 Å². The minimum atomic E-state index is -0.255. The van der Waals surface area contributed by atoms with Crippen LogP contribution in [0.25, 0.3) is 0 Å². The number of nitrogens with one attached hydrogen (secondary N) is 2. The van der Waals surface area contributed by atoms with Crippen LogP contribution in [0.2, 0.25) is 0 Å². The van der Waals surface area contributed by atoms with Gasteiger partial charge in [-0.1, -0.05) is 12.1 Å². The van der Waals surface area contributed by atoms with Gasteiger partial charge in [0.05, 0.1) is 19.6 Å². The number of amidine groups is 1. The third kappa shape index (κ3) is 4.68. The van der Waals surface area contributed by atoms with Crippen LogP contribution >= 0.6 is 0 Å². The zero-order valence-corrected chi connectivity index (χ0v) is 15.7. The normalized spacial score (nSPS) is 15.1. The number of amides is 1. The van der Waals surface area contributed by atoms with E-state index in [1.54, 1.807) is 37.3 Å². The second-order valence-corrected chi connectivity index (χ2v) is 6.66. The van der Waals surface area contributed by atoms with Crippen LogP contribution < -0.4 is 15.8 Å². The number of rotatable bonds is 6. The number of benzene rings is 2. The largest absolute Gasteiger partial charge is 0.493 e. The van der Waals surface area contributed by atoms with E-state index in [2.05, 4.69) is 5.32 Å². The van der Waals surface area contributed by atoms with Gasteiger partial charge in [-0.05, 0) is 49.2 Å². The Labute approximate surface area is 163 Å². The van der Waals surface area contributed by atoms with Gasteiger partial charge >= 0.3 is 5.97 Å². The van der Waals surface area contributed by atoms with Gasteiger partial charge in [-0.25, -0.2) is 0 Å². The molecule has 4 N–H and O–H groups in total. The summed E-state index contributed by atoms with van der Waals surface area (Å²) >= 11 is 0. The van der Waals surface area contributed by atoms with Gasteiger partial charge in [-0.2, -0.15) is 0 Å². The SMILES string of the molecule is CCOC(=O)CC1COc2ccc(NC(=O)c3ccc(C(=N)N)cc3)cc2C1. The Bertz CT molecular complexity index is 893. The summed E-state index contributed by atoms with van der Waals surface area (Å²) in [6.07, 6.45) is 0.998. The highest BCUT2D eigenvalue weighted by Gasteiger charge is 2.23. The molecule has 0 aliphatic carbocycles. The topological polar surface area (TPSA) is 114 Å². The van der Waals surface area contributed by atoms with E-state index in [1.807, 2.05) is 12.1 Å². The second kappa shape index (κ2) is 8.56. The fraction of sp³-hybridized carbons (Fsp3) is 0.286. The van der Waals surface area contributed by atoms with Crippen molar-refractivity contribution in [3.63, 3.8) is 0 Å². The van der Waals surface area contributed by atoms with Gasteiger partial charge in [0.25, 0.3) is 5.91 Å². The van der Waals surface area contributed by atoms with Crippen molar-refractivity contribution in [1.29, 1.82) is 5.41 Å². The average Bonchev–Trinajstić information content (AvgIpc) is 2.68. The van der Waals surface area contributed by atoms with Crippen molar-refractivity contribution < 1.29 is 19.1 Å². The molecule has 2 aromatic carbocycles. The van der Waals surface area contributed by atoms with E-state index in [1.165, 1.54) is 0 Å². The van der Waals surface area contributed by atoms with Crippen LogP contribution in [0.15, 0.2) is 42.5 Å². The van der Waals surface area contributed by atoms with E-state index in [0.29, 0.717) is 42.9 Å². The highest BCUT2D eigenvalue weighted by atomic mass is 16.5. The summed E-state index contributed by atoms with van der Waals surface area (Å²) < 4.78 is 10.8. The fourth-order valence-corrected chi connectivity index (χ4v) is 3.13. The Hall–Kier alpha value is -3.35. The first kappa shape index (κ1) is 19.4. The lowest BCUT2D eigenvalue weighted by Crippen LogP contribution is -2.24. The molecule has 1 aliphatic heterocycles. The van der Waals surface area contributed by atoms with E-state index in [9.17, 15) is 9.59 Å². The number of ether oxygens (including phenoxy) is 2. The first-order valence-electron chi connectivity index (χ1n) is 9.13. The van der Waals surface area contributed by atoms with Crippen LogP contribution in [0.5, 0.6) is 5.75 Å². The Morgan fingerprint density at radius 3 is 2.61 bits per heavy atom. The van der Waals surface area contributed by atoms with Crippen LogP contribution in [-0.4, -0.2) is 30.9 Å². The Morgan fingerprint density at radius 2 is 1.93 bits per heavy atom. The Kier molecular flexibility index (Phi) is 5.93. The molecule has 1 aliphatic rings. The predicted molar refractivity (Wildman–Crippen MR) is 106 cm³/mol. The van der Waals surface area contributed by atoms with Gasteiger partial charge in [0.1, 0.15) is 11.6 Å². The molecule has 1 heterocycles. The number of hydrogen-bond acceptors (Lipinski definition) is 5. The van der Waals surface area contributed by atoms with Crippen LogP contribution in [0.4, 0.5) is 5.69 Å². The smallest absolute Gasteiger partial charge is 0.306 e. The van der Waals surface area contributed by atoms with Gasteiger partial charge in [0.15, 0.2) is 0 Å². The summed E-state index contributed by atoms with van der Waals surface area (Å²) in [6, 6.07) is 12.0. The molecule has 0 radical (unpaired) electrons. The molecule has 1 unspecified atom stereocenters. The Balaban J connectivity index is 1.67. The molecule has 7 heteroatoms. The van der Waals surface area contributed by atoms with Crippen molar-refractivity contribution in [1.82, 2.24) is 0 Å². The van der Waals surface area contributed by atoms with Crippen LogP contribution in [0, 0.1) is 11.3 Å². The molecular weight excluding hydrogens is 358 g/mol. The summed E-state index contributed by atoms with van der Waals surface area (Å²) in [6.45, 7) is 2.62. The maximum atomic E-state index is 12.5. The van der Waals surface area contributed by atoms with E-state index in [-0.39, 0.29) is 23.6 Å². The summed E-state index contributed by atoms with van der Waals surface area (Å²) in [5, 5.41) is 10.3. The van der Waals surface area contributed by atoms with Crippen molar-refractivity contribution in [2.45, 2.75) is 19.8 Å². The summed E-state index contributed by atoms with van der Waals surface area (Å²) in [5.74, 6) is 0.299. The second-order valence-electron chi connectivity index (χ2n) is 6.66. The van der Waals surface area contributed by atoms with Gasteiger partial charge in [-0.3, -0.25) is 15.0 Å². The fourth-order valence-electron chi connectivity index (χ4n) is 3.13. The lowest BCUT2D eigenvalue weighted by atomic mass is 9.93. The molecule has 28 heavy (non-hydrogen) atoms. The summed E-state index contributed by atoms with van der Waals surface area (Å²) in [7, 11) is 0. The number of anilines is 1. The van der Waals surface area contributed by atoms with Crippen molar-refractivity contribution >= 4 is 23.4 Å². The number of hydrogen-bond donors (Lipinski definition) is 3. The molecule has 0 bridgehead atoms. The quantitative estimate of drug-likeness (QED) is 0.404. The molecule has 0 saturated carbocycles. The minimum absolute atomic E-state index is 0.0426.